The number of non-ortho nitro benzene ring substituents is 1. The second-order valence-corrected chi connectivity index (χ2v) is 6.57. The van der Waals surface area contributed by atoms with E-state index in [1.54, 1.807) is 31.2 Å². The molecule has 1 amide bonds. The summed E-state index contributed by atoms with van der Waals surface area (Å²) >= 11 is 0. The van der Waals surface area contributed by atoms with Crippen LogP contribution in [0.2, 0.25) is 0 Å². The number of aryl methyl sites for hydroxylation is 1. The Balaban J connectivity index is 1.78. The summed E-state index contributed by atoms with van der Waals surface area (Å²) in [5, 5.41) is 13.4. The zero-order chi connectivity index (χ0) is 22.9. The fraction of sp³-hybridized carbons (Fsp3) is 0.200. The molecule has 0 unspecified atom stereocenters. The molecule has 3 aromatic rings. The summed E-state index contributed by atoms with van der Waals surface area (Å²) in [6, 6.07) is 8.72. The molecule has 0 saturated heterocycles. The molecule has 162 valence electrons. The van der Waals surface area contributed by atoms with E-state index in [0.29, 0.717) is 22.6 Å². The molecule has 1 aromatic heterocycles. The van der Waals surface area contributed by atoms with Crippen LogP contribution in [0.1, 0.15) is 28.6 Å². The van der Waals surface area contributed by atoms with E-state index in [-0.39, 0.29) is 5.76 Å². The summed E-state index contributed by atoms with van der Waals surface area (Å²) in [7, 11) is 0. The van der Waals surface area contributed by atoms with Gasteiger partial charge in [-0.2, -0.15) is 13.2 Å². The van der Waals surface area contributed by atoms with Gasteiger partial charge in [-0.05, 0) is 26.0 Å². The Bertz CT molecular complexity index is 1190. The molecular weight excluding hydrogens is 421 g/mol. The Morgan fingerprint density at radius 1 is 1.19 bits per heavy atom. The van der Waals surface area contributed by atoms with Crippen molar-refractivity contribution in [2.75, 3.05) is 5.32 Å². The molecule has 0 saturated carbocycles. The third-order valence-electron chi connectivity index (χ3n) is 4.46. The van der Waals surface area contributed by atoms with Crippen LogP contribution in [-0.2, 0) is 15.7 Å². The number of benzene rings is 2. The molecule has 0 bridgehead atoms. The van der Waals surface area contributed by atoms with Crippen molar-refractivity contribution in [1.29, 1.82) is 0 Å². The van der Waals surface area contributed by atoms with E-state index < -0.39 is 46.0 Å². The van der Waals surface area contributed by atoms with Crippen LogP contribution >= 0.6 is 0 Å². The SMILES string of the molecule is Cc1c(C(=O)O[C@H](C)C(=O)Nc2ccc([N+](=O)[O-])cc2C(F)(F)F)oc2ccccc12. The third kappa shape index (κ3) is 4.49. The number of rotatable bonds is 5. The van der Waals surface area contributed by atoms with Gasteiger partial charge < -0.3 is 14.5 Å². The number of carbonyl (C=O) groups excluding carboxylic acids is 2. The molecule has 8 nitrogen and oxygen atoms in total. The highest BCUT2D eigenvalue weighted by molar-refractivity contribution is 5.99. The van der Waals surface area contributed by atoms with E-state index in [4.69, 9.17) is 9.15 Å². The van der Waals surface area contributed by atoms with Crippen molar-refractivity contribution >= 4 is 34.2 Å². The number of anilines is 1. The van der Waals surface area contributed by atoms with Gasteiger partial charge in [0.1, 0.15) is 5.58 Å². The van der Waals surface area contributed by atoms with Crippen LogP contribution in [0.15, 0.2) is 46.9 Å². The van der Waals surface area contributed by atoms with E-state index in [1.165, 1.54) is 6.92 Å². The molecule has 0 fully saturated rings. The lowest BCUT2D eigenvalue weighted by atomic mass is 10.1. The van der Waals surface area contributed by atoms with E-state index in [1.807, 2.05) is 5.32 Å². The molecule has 31 heavy (non-hydrogen) atoms. The lowest BCUT2D eigenvalue weighted by Gasteiger charge is -2.16. The van der Waals surface area contributed by atoms with Crippen molar-refractivity contribution in [3.05, 3.63) is 69.5 Å². The van der Waals surface area contributed by atoms with Crippen molar-refractivity contribution in [2.24, 2.45) is 0 Å². The zero-order valence-electron chi connectivity index (χ0n) is 16.1. The van der Waals surface area contributed by atoms with E-state index >= 15 is 0 Å². The fourth-order valence-electron chi connectivity index (χ4n) is 2.86. The van der Waals surface area contributed by atoms with Crippen LogP contribution in [0.3, 0.4) is 0 Å². The average Bonchev–Trinajstić information content (AvgIpc) is 3.04. The van der Waals surface area contributed by atoms with Gasteiger partial charge in [-0.25, -0.2) is 4.79 Å². The average molecular weight is 436 g/mol. The lowest BCUT2D eigenvalue weighted by Crippen LogP contribution is -2.30. The lowest BCUT2D eigenvalue weighted by molar-refractivity contribution is -0.385. The number of nitro benzene ring substituents is 1. The number of nitrogens with zero attached hydrogens (tertiary/aromatic N) is 1. The number of nitrogens with one attached hydrogen (secondary N) is 1. The zero-order valence-corrected chi connectivity index (χ0v) is 16.1. The van der Waals surface area contributed by atoms with Crippen LogP contribution in [0.25, 0.3) is 11.0 Å². The molecule has 1 heterocycles. The highest BCUT2D eigenvalue weighted by atomic mass is 19.4. The summed E-state index contributed by atoms with van der Waals surface area (Å²) in [6.07, 6.45) is -6.43. The monoisotopic (exact) mass is 436 g/mol. The molecule has 1 N–H and O–H groups in total. The molecule has 1 atom stereocenters. The number of furan rings is 1. The summed E-state index contributed by atoms with van der Waals surface area (Å²) in [5.74, 6) is -2.15. The second kappa shape index (κ2) is 8.09. The molecule has 11 heteroatoms. The summed E-state index contributed by atoms with van der Waals surface area (Å²) < 4.78 is 50.2. The highest BCUT2D eigenvalue weighted by Gasteiger charge is 2.36. The Labute approximate surface area is 172 Å². The van der Waals surface area contributed by atoms with Crippen molar-refractivity contribution < 1.29 is 36.8 Å². The van der Waals surface area contributed by atoms with Crippen LogP contribution in [-0.4, -0.2) is 22.9 Å². The standard InChI is InChI=1S/C20H15F3N2O6/c1-10-13-5-3-4-6-16(13)31-17(10)19(27)30-11(2)18(26)24-15-8-7-12(25(28)29)9-14(15)20(21,22)23/h3-9,11H,1-2H3,(H,24,26)/t11-/m1/s1. The molecule has 0 aliphatic carbocycles. The van der Waals surface area contributed by atoms with E-state index in [0.717, 1.165) is 12.1 Å². The normalized spacial score (nSPS) is 12.4. The number of halogens is 3. The van der Waals surface area contributed by atoms with Gasteiger partial charge in [0.05, 0.1) is 16.2 Å². The number of hydrogen-bond donors (Lipinski definition) is 1. The maximum absolute atomic E-state index is 13.2. The van der Waals surface area contributed by atoms with Gasteiger partial charge in [0.15, 0.2) is 6.10 Å². The predicted octanol–water partition coefficient (Wildman–Crippen LogP) is 4.85. The van der Waals surface area contributed by atoms with Crippen LogP contribution in [0, 0.1) is 17.0 Å². The minimum absolute atomic E-state index is 0.132. The second-order valence-electron chi connectivity index (χ2n) is 6.57. The number of alkyl halides is 3. The first-order chi connectivity index (χ1) is 14.5. The van der Waals surface area contributed by atoms with Crippen LogP contribution < -0.4 is 5.32 Å². The number of esters is 1. The van der Waals surface area contributed by atoms with Gasteiger partial charge in [0, 0.05) is 23.1 Å². The first kappa shape index (κ1) is 21.8. The predicted molar refractivity (Wildman–Crippen MR) is 103 cm³/mol. The van der Waals surface area contributed by atoms with E-state index in [9.17, 15) is 32.9 Å². The Hall–Kier alpha value is -3.89. The van der Waals surface area contributed by atoms with Gasteiger partial charge in [-0.15, -0.1) is 0 Å². The summed E-state index contributed by atoms with van der Waals surface area (Å²) in [4.78, 5) is 34.5. The largest absolute Gasteiger partial charge is 0.449 e. The Morgan fingerprint density at radius 3 is 2.48 bits per heavy atom. The van der Waals surface area contributed by atoms with Crippen LogP contribution in [0.4, 0.5) is 24.5 Å². The number of hydrogen-bond acceptors (Lipinski definition) is 6. The van der Waals surface area contributed by atoms with Crippen molar-refractivity contribution in [1.82, 2.24) is 0 Å². The first-order valence-corrected chi connectivity index (χ1v) is 8.84. The Kier molecular flexibility index (Phi) is 5.69. The minimum atomic E-state index is -4.96. The van der Waals surface area contributed by atoms with Crippen molar-refractivity contribution in [3.63, 3.8) is 0 Å². The number of carbonyl (C=O) groups is 2. The third-order valence-corrected chi connectivity index (χ3v) is 4.46. The molecule has 0 aliphatic rings. The molecule has 0 spiro atoms. The van der Waals surface area contributed by atoms with Gasteiger partial charge in [0.2, 0.25) is 5.76 Å². The van der Waals surface area contributed by atoms with Gasteiger partial charge in [-0.3, -0.25) is 14.9 Å². The van der Waals surface area contributed by atoms with Gasteiger partial charge in [-0.1, -0.05) is 18.2 Å². The van der Waals surface area contributed by atoms with E-state index in [2.05, 4.69) is 0 Å². The van der Waals surface area contributed by atoms with Gasteiger partial charge in [0.25, 0.3) is 11.6 Å². The maximum atomic E-state index is 13.2. The summed E-state index contributed by atoms with van der Waals surface area (Å²) in [6.45, 7) is 2.80. The van der Waals surface area contributed by atoms with Crippen LogP contribution in [0.5, 0.6) is 0 Å². The number of nitro groups is 1. The molecule has 0 radical (unpaired) electrons. The smallest absolute Gasteiger partial charge is 0.418 e. The number of amides is 1. The van der Waals surface area contributed by atoms with Gasteiger partial charge >= 0.3 is 12.1 Å². The maximum Gasteiger partial charge on any atom is 0.418 e. The summed E-state index contributed by atoms with van der Waals surface area (Å²) in [5.41, 5.74) is -1.97. The number of ether oxygens (including phenoxy) is 1. The number of para-hydroxylation sites is 1. The molecule has 3 rings (SSSR count). The fourth-order valence-corrected chi connectivity index (χ4v) is 2.86. The quantitative estimate of drug-likeness (QED) is 0.348. The Morgan fingerprint density at radius 2 is 1.87 bits per heavy atom. The molecular formula is C20H15F3N2O6. The highest BCUT2D eigenvalue weighted by Crippen LogP contribution is 2.37. The van der Waals surface area contributed by atoms with Crippen molar-refractivity contribution in [3.8, 4) is 0 Å². The minimum Gasteiger partial charge on any atom is -0.449 e. The number of fused-ring (bicyclic) bond motifs is 1. The molecule has 2 aromatic carbocycles. The molecule has 0 aliphatic heterocycles. The van der Waals surface area contributed by atoms with Crippen molar-refractivity contribution in [2.45, 2.75) is 26.1 Å². The first-order valence-electron chi connectivity index (χ1n) is 8.84. The topological polar surface area (TPSA) is 112 Å².